The highest BCUT2D eigenvalue weighted by molar-refractivity contribution is 5.29. The van der Waals surface area contributed by atoms with Crippen molar-refractivity contribution in [2.45, 2.75) is 52.1 Å². The van der Waals surface area contributed by atoms with Crippen LogP contribution in [0.25, 0.3) is 0 Å². The molecule has 0 saturated carbocycles. The molecule has 1 atom stereocenters. The van der Waals surface area contributed by atoms with Crippen molar-refractivity contribution in [3.63, 3.8) is 0 Å². The number of fused-ring (bicyclic) bond motifs is 1. The molecule has 1 aliphatic rings. The number of aryl methyl sites for hydroxylation is 2. The molecular weight excluding hydrogens is 258 g/mol. The van der Waals surface area contributed by atoms with Crippen LogP contribution in [0.2, 0.25) is 0 Å². The molecule has 1 N–H and O–H groups in total. The monoisotopic (exact) mass is 283 g/mol. The lowest BCUT2D eigenvalue weighted by molar-refractivity contribution is 0.460. The Morgan fingerprint density at radius 1 is 1.24 bits per heavy atom. The predicted octanol–water partition coefficient (Wildman–Crippen LogP) is 3.42. The zero-order chi connectivity index (χ0) is 14.7. The molecule has 1 aromatic heterocycles. The zero-order valence-electron chi connectivity index (χ0n) is 13.1. The Balaban J connectivity index is 1.86. The van der Waals surface area contributed by atoms with E-state index >= 15 is 0 Å². The second kappa shape index (κ2) is 6.44. The third-order valence-corrected chi connectivity index (χ3v) is 4.50. The Hall–Kier alpha value is -1.61. The summed E-state index contributed by atoms with van der Waals surface area (Å²) >= 11 is 0. The number of nitrogens with zero attached hydrogens (tertiary/aromatic N) is 2. The summed E-state index contributed by atoms with van der Waals surface area (Å²) in [7, 11) is 0. The van der Waals surface area contributed by atoms with Gasteiger partial charge in [0.1, 0.15) is 0 Å². The van der Waals surface area contributed by atoms with Crippen molar-refractivity contribution in [3.8, 4) is 0 Å². The van der Waals surface area contributed by atoms with Crippen LogP contribution in [0.3, 0.4) is 0 Å². The maximum atomic E-state index is 4.62. The van der Waals surface area contributed by atoms with Gasteiger partial charge in [-0.2, -0.15) is 0 Å². The fraction of sp³-hybridized carbons (Fsp3) is 0.500. The first-order chi connectivity index (χ1) is 10.3. The molecule has 0 saturated heterocycles. The Labute approximate surface area is 127 Å². The van der Waals surface area contributed by atoms with Gasteiger partial charge < -0.3 is 9.88 Å². The van der Waals surface area contributed by atoms with Crippen LogP contribution < -0.4 is 5.32 Å². The van der Waals surface area contributed by atoms with Crippen LogP contribution in [0.4, 0.5) is 0 Å². The lowest BCUT2D eigenvalue weighted by atomic mass is 9.99. The van der Waals surface area contributed by atoms with Crippen molar-refractivity contribution in [1.29, 1.82) is 0 Å². The SMILES string of the molecule is CCNC(Cn1cnc2c1CCCC2)c1ccccc1C. The number of rotatable bonds is 5. The summed E-state index contributed by atoms with van der Waals surface area (Å²) < 4.78 is 2.37. The van der Waals surface area contributed by atoms with E-state index in [-0.39, 0.29) is 0 Å². The van der Waals surface area contributed by atoms with Crippen molar-refractivity contribution >= 4 is 0 Å². The number of hydrogen-bond acceptors (Lipinski definition) is 2. The number of likely N-dealkylation sites (N-methyl/N-ethyl adjacent to an activating group) is 1. The van der Waals surface area contributed by atoms with Gasteiger partial charge in [-0.05, 0) is 50.3 Å². The maximum Gasteiger partial charge on any atom is 0.0952 e. The third kappa shape index (κ3) is 3.03. The molecule has 21 heavy (non-hydrogen) atoms. The van der Waals surface area contributed by atoms with Crippen molar-refractivity contribution in [1.82, 2.24) is 14.9 Å². The average Bonchev–Trinajstić information content (AvgIpc) is 2.91. The molecule has 0 amide bonds. The van der Waals surface area contributed by atoms with Crippen LogP contribution in [0.1, 0.15) is 48.3 Å². The van der Waals surface area contributed by atoms with Gasteiger partial charge in [0.2, 0.25) is 0 Å². The van der Waals surface area contributed by atoms with E-state index in [1.165, 1.54) is 41.8 Å². The highest BCUT2D eigenvalue weighted by atomic mass is 15.1. The van der Waals surface area contributed by atoms with Gasteiger partial charge >= 0.3 is 0 Å². The Morgan fingerprint density at radius 2 is 2.05 bits per heavy atom. The number of nitrogens with one attached hydrogen (secondary N) is 1. The van der Waals surface area contributed by atoms with Gasteiger partial charge in [0.25, 0.3) is 0 Å². The maximum absolute atomic E-state index is 4.62. The quantitative estimate of drug-likeness (QED) is 0.911. The van der Waals surface area contributed by atoms with Crippen LogP contribution in [-0.4, -0.2) is 16.1 Å². The number of hydrogen-bond donors (Lipinski definition) is 1. The van der Waals surface area contributed by atoms with Crippen molar-refractivity contribution in [2.75, 3.05) is 6.54 Å². The molecule has 3 rings (SSSR count). The van der Waals surface area contributed by atoms with Crippen LogP contribution in [-0.2, 0) is 19.4 Å². The van der Waals surface area contributed by atoms with E-state index < -0.39 is 0 Å². The van der Waals surface area contributed by atoms with Gasteiger partial charge in [-0.3, -0.25) is 0 Å². The number of benzene rings is 1. The van der Waals surface area contributed by atoms with Crippen molar-refractivity contribution in [2.24, 2.45) is 0 Å². The molecule has 0 spiro atoms. The first kappa shape index (κ1) is 14.3. The van der Waals surface area contributed by atoms with E-state index in [1.807, 2.05) is 6.33 Å². The van der Waals surface area contributed by atoms with Crippen LogP contribution in [0.15, 0.2) is 30.6 Å². The topological polar surface area (TPSA) is 29.9 Å². The van der Waals surface area contributed by atoms with E-state index in [0.717, 1.165) is 19.5 Å². The van der Waals surface area contributed by atoms with Gasteiger partial charge in [0.05, 0.1) is 18.1 Å². The highest BCUT2D eigenvalue weighted by Crippen LogP contribution is 2.24. The fourth-order valence-electron chi connectivity index (χ4n) is 3.38. The minimum Gasteiger partial charge on any atom is -0.332 e. The molecular formula is C18H25N3. The van der Waals surface area contributed by atoms with Crippen LogP contribution in [0, 0.1) is 6.92 Å². The van der Waals surface area contributed by atoms with Gasteiger partial charge in [-0.1, -0.05) is 31.2 Å². The number of aromatic nitrogens is 2. The molecule has 1 unspecified atom stereocenters. The standard InChI is InChI=1S/C18H25N3/c1-3-19-17(15-9-5-4-8-14(15)2)12-21-13-20-16-10-6-7-11-18(16)21/h4-5,8-9,13,17,19H,3,6-7,10-12H2,1-2H3. The summed E-state index contributed by atoms with van der Waals surface area (Å²) in [6.07, 6.45) is 6.96. The molecule has 112 valence electrons. The lowest BCUT2D eigenvalue weighted by Crippen LogP contribution is -2.26. The molecule has 2 aromatic rings. The lowest BCUT2D eigenvalue weighted by Gasteiger charge is -2.23. The van der Waals surface area contributed by atoms with Gasteiger partial charge in [-0.15, -0.1) is 0 Å². The second-order valence-corrected chi connectivity index (χ2v) is 5.96. The minimum atomic E-state index is 0.358. The van der Waals surface area contributed by atoms with Crippen LogP contribution in [0.5, 0.6) is 0 Å². The van der Waals surface area contributed by atoms with Crippen molar-refractivity contribution in [3.05, 3.63) is 53.1 Å². The summed E-state index contributed by atoms with van der Waals surface area (Å²) in [5.41, 5.74) is 5.54. The summed E-state index contributed by atoms with van der Waals surface area (Å²) in [6, 6.07) is 9.04. The Morgan fingerprint density at radius 3 is 2.86 bits per heavy atom. The Kier molecular flexibility index (Phi) is 4.39. The largest absolute Gasteiger partial charge is 0.332 e. The second-order valence-electron chi connectivity index (χ2n) is 5.96. The molecule has 0 radical (unpaired) electrons. The van der Waals surface area contributed by atoms with Crippen LogP contribution >= 0.6 is 0 Å². The third-order valence-electron chi connectivity index (χ3n) is 4.50. The minimum absolute atomic E-state index is 0.358. The van der Waals surface area contributed by atoms with E-state index in [1.54, 1.807) is 0 Å². The van der Waals surface area contributed by atoms with Gasteiger partial charge in [-0.25, -0.2) is 4.98 Å². The van der Waals surface area contributed by atoms with Gasteiger partial charge in [0, 0.05) is 12.2 Å². The Bertz CT molecular complexity index is 600. The first-order valence-corrected chi connectivity index (χ1v) is 8.11. The summed E-state index contributed by atoms with van der Waals surface area (Å²) in [6.45, 7) is 6.33. The molecule has 0 bridgehead atoms. The summed E-state index contributed by atoms with van der Waals surface area (Å²) in [4.78, 5) is 4.62. The van der Waals surface area contributed by atoms with E-state index in [4.69, 9.17) is 0 Å². The fourth-order valence-corrected chi connectivity index (χ4v) is 3.38. The molecule has 0 fully saturated rings. The summed E-state index contributed by atoms with van der Waals surface area (Å²) in [5, 5.41) is 3.64. The van der Waals surface area contributed by atoms with E-state index in [9.17, 15) is 0 Å². The molecule has 0 aliphatic heterocycles. The smallest absolute Gasteiger partial charge is 0.0952 e. The zero-order valence-corrected chi connectivity index (χ0v) is 13.1. The first-order valence-electron chi connectivity index (χ1n) is 8.11. The molecule has 3 heteroatoms. The van der Waals surface area contributed by atoms with Crippen molar-refractivity contribution < 1.29 is 0 Å². The van der Waals surface area contributed by atoms with E-state index in [2.05, 4.69) is 53.0 Å². The molecule has 1 aromatic carbocycles. The molecule has 1 heterocycles. The normalized spacial score (nSPS) is 15.7. The van der Waals surface area contributed by atoms with Gasteiger partial charge in [0.15, 0.2) is 0 Å². The molecule has 1 aliphatic carbocycles. The highest BCUT2D eigenvalue weighted by Gasteiger charge is 2.19. The summed E-state index contributed by atoms with van der Waals surface area (Å²) in [5.74, 6) is 0. The average molecular weight is 283 g/mol. The predicted molar refractivity (Wildman–Crippen MR) is 86.5 cm³/mol. The van der Waals surface area contributed by atoms with E-state index in [0.29, 0.717) is 6.04 Å². The number of imidazole rings is 1. The molecule has 3 nitrogen and oxygen atoms in total.